The summed E-state index contributed by atoms with van der Waals surface area (Å²) in [6.07, 6.45) is 7.27. The number of benzene rings is 2. The second-order valence-electron chi connectivity index (χ2n) is 7.55. The molecule has 0 radical (unpaired) electrons. The summed E-state index contributed by atoms with van der Waals surface area (Å²) >= 11 is 0. The topological polar surface area (TPSA) is 59.6 Å². The van der Waals surface area contributed by atoms with Crippen molar-refractivity contribution in [2.24, 2.45) is 0 Å². The highest BCUT2D eigenvalue weighted by Crippen LogP contribution is 2.18. The van der Waals surface area contributed by atoms with Gasteiger partial charge in [0, 0.05) is 11.4 Å². The molecule has 0 spiro atoms. The number of carbonyl (C=O) groups excluding carboxylic acids is 1. The zero-order valence-corrected chi connectivity index (χ0v) is 18.6. The second-order valence-corrected chi connectivity index (χ2v) is 7.55. The largest absolute Gasteiger partial charge is 0.494 e. The van der Waals surface area contributed by atoms with Gasteiger partial charge in [-0.2, -0.15) is 0 Å². The average molecular weight is 413 g/mol. The second kappa shape index (κ2) is 13.5. The van der Waals surface area contributed by atoms with Crippen molar-refractivity contribution in [3.63, 3.8) is 0 Å². The van der Waals surface area contributed by atoms with Crippen LogP contribution >= 0.6 is 0 Å². The van der Waals surface area contributed by atoms with E-state index in [1.165, 1.54) is 25.7 Å². The molecule has 2 rings (SSSR count). The standard InChI is InChI=1S/C25H36N2O3/c1-4-6-7-8-9-18-29-23-14-10-21(11-15-23)26-19-25(28)27-22-12-16-24(17-13-22)30-20(3)5-2/h10-17,20,26H,4-9,18-19H2,1-3H3,(H,27,28). The molecule has 1 amide bonds. The van der Waals surface area contributed by atoms with Crippen molar-refractivity contribution < 1.29 is 14.3 Å². The molecule has 2 N–H and O–H groups in total. The SMILES string of the molecule is CCCCCCCOc1ccc(NCC(=O)Nc2ccc(OC(C)CC)cc2)cc1. The maximum Gasteiger partial charge on any atom is 0.243 e. The van der Waals surface area contributed by atoms with E-state index in [4.69, 9.17) is 9.47 Å². The van der Waals surface area contributed by atoms with Crippen molar-refractivity contribution in [2.45, 2.75) is 65.4 Å². The van der Waals surface area contributed by atoms with Gasteiger partial charge in [0.25, 0.3) is 0 Å². The lowest BCUT2D eigenvalue weighted by Crippen LogP contribution is -2.21. The number of nitrogens with one attached hydrogen (secondary N) is 2. The van der Waals surface area contributed by atoms with E-state index in [2.05, 4.69) is 24.5 Å². The van der Waals surface area contributed by atoms with Gasteiger partial charge >= 0.3 is 0 Å². The molecular formula is C25H36N2O3. The predicted molar refractivity (Wildman–Crippen MR) is 125 cm³/mol. The first-order chi connectivity index (χ1) is 14.6. The Labute approximate surface area is 181 Å². The number of carbonyl (C=O) groups is 1. The molecule has 164 valence electrons. The van der Waals surface area contributed by atoms with Gasteiger partial charge in [-0.3, -0.25) is 4.79 Å². The third-order valence-corrected chi connectivity index (χ3v) is 4.87. The first-order valence-electron chi connectivity index (χ1n) is 11.1. The molecule has 30 heavy (non-hydrogen) atoms. The maximum absolute atomic E-state index is 12.2. The highest BCUT2D eigenvalue weighted by atomic mass is 16.5. The number of rotatable bonds is 14. The van der Waals surface area contributed by atoms with Crippen LogP contribution in [0.2, 0.25) is 0 Å². The van der Waals surface area contributed by atoms with Gasteiger partial charge in [-0.1, -0.05) is 39.5 Å². The summed E-state index contributed by atoms with van der Waals surface area (Å²) in [5, 5.41) is 6.02. The van der Waals surface area contributed by atoms with Crippen LogP contribution in [0, 0.1) is 0 Å². The molecule has 0 heterocycles. The fourth-order valence-corrected chi connectivity index (χ4v) is 2.88. The molecule has 0 saturated carbocycles. The van der Waals surface area contributed by atoms with Gasteiger partial charge in [0.2, 0.25) is 5.91 Å². The van der Waals surface area contributed by atoms with Gasteiger partial charge in [0.05, 0.1) is 19.3 Å². The molecule has 0 saturated heterocycles. The molecule has 0 aromatic heterocycles. The molecule has 0 aliphatic heterocycles. The number of unbranched alkanes of at least 4 members (excludes halogenated alkanes) is 4. The highest BCUT2D eigenvalue weighted by Gasteiger charge is 2.05. The molecule has 2 aromatic rings. The molecule has 5 heteroatoms. The van der Waals surface area contributed by atoms with E-state index in [0.29, 0.717) is 0 Å². The Balaban J connectivity index is 1.68. The van der Waals surface area contributed by atoms with Crippen LogP contribution in [0.15, 0.2) is 48.5 Å². The van der Waals surface area contributed by atoms with Crippen LogP contribution in [0.5, 0.6) is 11.5 Å². The lowest BCUT2D eigenvalue weighted by atomic mass is 10.2. The first kappa shape index (κ1) is 23.6. The quantitative estimate of drug-likeness (QED) is 0.359. The van der Waals surface area contributed by atoms with Crippen LogP contribution in [0.3, 0.4) is 0 Å². The zero-order chi connectivity index (χ0) is 21.6. The number of amides is 1. The fourth-order valence-electron chi connectivity index (χ4n) is 2.88. The molecule has 1 unspecified atom stereocenters. The van der Waals surface area contributed by atoms with Crippen LogP contribution in [0.25, 0.3) is 0 Å². The van der Waals surface area contributed by atoms with Gasteiger partial charge in [0.1, 0.15) is 11.5 Å². The van der Waals surface area contributed by atoms with E-state index >= 15 is 0 Å². The van der Waals surface area contributed by atoms with E-state index in [9.17, 15) is 4.79 Å². The highest BCUT2D eigenvalue weighted by molar-refractivity contribution is 5.93. The van der Waals surface area contributed by atoms with Gasteiger partial charge in [-0.05, 0) is 68.3 Å². The van der Waals surface area contributed by atoms with Crippen LogP contribution < -0.4 is 20.1 Å². The van der Waals surface area contributed by atoms with Crippen molar-refractivity contribution >= 4 is 17.3 Å². The number of hydrogen-bond donors (Lipinski definition) is 2. The van der Waals surface area contributed by atoms with Gasteiger partial charge in [-0.15, -0.1) is 0 Å². The van der Waals surface area contributed by atoms with Gasteiger partial charge in [-0.25, -0.2) is 0 Å². The van der Waals surface area contributed by atoms with E-state index in [1.807, 2.05) is 55.5 Å². The number of hydrogen-bond acceptors (Lipinski definition) is 4. The Hall–Kier alpha value is -2.69. The van der Waals surface area contributed by atoms with Crippen LogP contribution in [-0.2, 0) is 4.79 Å². The first-order valence-corrected chi connectivity index (χ1v) is 11.1. The third-order valence-electron chi connectivity index (χ3n) is 4.87. The van der Waals surface area contributed by atoms with Crippen molar-refractivity contribution in [3.8, 4) is 11.5 Å². The van der Waals surface area contributed by atoms with Crippen molar-refractivity contribution in [3.05, 3.63) is 48.5 Å². The lowest BCUT2D eigenvalue weighted by molar-refractivity contribution is -0.114. The Morgan fingerprint density at radius 1 is 0.867 bits per heavy atom. The fraction of sp³-hybridized carbons (Fsp3) is 0.480. The number of ether oxygens (including phenoxy) is 2. The maximum atomic E-state index is 12.2. The van der Waals surface area contributed by atoms with Gasteiger partial charge < -0.3 is 20.1 Å². The Bertz CT molecular complexity index is 729. The zero-order valence-electron chi connectivity index (χ0n) is 18.6. The van der Waals surface area contributed by atoms with E-state index in [-0.39, 0.29) is 18.6 Å². The molecule has 0 aliphatic carbocycles. The lowest BCUT2D eigenvalue weighted by Gasteiger charge is -2.13. The molecule has 0 aliphatic rings. The van der Waals surface area contributed by atoms with E-state index < -0.39 is 0 Å². The van der Waals surface area contributed by atoms with Crippen LogP contribution in [0.1, 0.15) is 59.3 Å². The summed E-state index contributed by atoms with van der Waals surface area (Å²) in [6, 6.07) is 15.2. The molecule has 1 atom stereocenters. The van der Waals surface area contributed by atoms with Crippen LogP contribution in [-0.4, -0.2) is 25.2 Å². The summed E-state index contributed by atoms with van der Waals surface area (Å²) in [6.45, 7) is 7.29. The molecule has 0 bridgehead atoms. The summed E-state index contributed by atoms with van der Waals surface area (Å²) < 4.78 is 11.5. The Kier molecular flexibility index (Phi) is 10.6. The molecule has 2 aromatic carbocycles. The predicted octanol–water partition coefficient (Wildman–Crippen LogP) is 6.26. The van der Waals surface area contributed by atoms with E-state index in [0.717, 1.165) is 42.3 Å². The monoisotopic (exact) mass is 412 g/mol. The Morgan fingerprint density at radius 2 is 1.50 bits per heavy atom. The molecular weight excluding hydrogens is 376 g/mol. The van der Waals surface area contributed by atoms with Crippen molar-refractivity contribution in [1.29, 1.82) is 0 Å². The Morgan fingerprint density at radius 3 is 2.17 bits per heavy atom. The number of anilines is 2. The molecule has 5 nitrogen and oxygen atoms in total. The van der Waals surface area contributed by atoms with Gasteiger partial charge in [0.15, 0.2) is 0 Å². The summed E-state index contributed by atoms with van der Waals surface area (Å²) in [7, 11) is 0. The third kappa shape index (κ3) is 9.21. The van der Waals surface area contributed by atoms with E-state index in [1.54, 1.807) is 0 Å². The van der Waals surface area contributed by atoms with Crippen molar-refractivity contribution in [1.82, 2.24) is 0 Å². The summed E-state index contributed by atoms with van der Waals surface area (Å²) in [5.74, 6) is 1.57. The minimum Gasteiger partial charge on any atom is -0.494 e. The average Bonchev–Trinajstić information content (AvgIpc) is 2.77. The normalized spacial score (nSPS) is 11.6. The smallest absolute Gasteiger partial charge is 0.243 e. The minimum absolute atomic E-state index is 0.0991. The molecule has 0 fully saturated rings. The van der Waals surface area contributed by atoms with Crippen molar-refractivity contribution in [2.75, 3.05) is 23.8 Å². The van der Waals surface area contributed by atoms with Crippen LogP contribution in [0.4, 0.5) is 11.4 Å². The minimum atomic E-state index is -0.0991. The summed E-state index contributed by atoms with van der Waals surface area (Å²) in [4.78, 5) is 12.2. The summed E-state index contributed by atoms with van der Waals surface area (Å²) in [5.41, 5.74) is 1.64.